The first-order chi connectivity index (χ1) is 15.2. The van der Waals surface area contributed by atoms with Gasteiger partial charge in [-0.15, -0.1) is 0 Å². The Bertz CT molecular complexity index is 953. The molecule has 0 saturated carbocycles. The molecule has 0 aliphatic carbocycles. The lowest BCUT2D eigenvalue weighted by molar-refractivity contribution is 0.0787. The fourth-order valence-corrected chi connectivity index (χ4v) is 4.74. The number of rotatable bonds is 7. The molecule has 8 heteroatoms. The highest BCUT2D eigenvalue weighted by atomic mass is 79.9. The fourth-order valence-electron chi connectivity index (χ4n) is 4.30. The number of hydrogen-bond acceptors (Lipinski definition) is 4. The van der Waals surface area contributed by atoms with E-state index in [1.165, 1.54) is 0 Å². The molecule has 1 saturated heterocycles. The van der Waals surface area contributed by atoms with Crippen LogP contribution in [-0.4, -0.2) is 44.7 Å². The van der Waals surface area contributed by atoms with Gasteiger partial charge in [0.15, 0.2) is 0 Å². The molecule has 1 fully saturated rings. The molecule has 5 nitrogen and oxygen atoms in total. The van der Waals surface area contributed by atoms with E-state index >= 15 is 0 Å². The van der Waals surface area contributed by atoms with E-state index in [9.17, 15) is 13.6 Å². The summed E-state index contributed by atoms with van der Waals surface area (Å²) in [6.07, 6.45) is 0.879. The Balaban J connectivity index is 1.86. The minimum absolute atomic E-state index is 0.0545. The first kappa shape index (κ1) is 24.5. The SMILES string of the molecule is C=C1NC(C)=CC(C)=C1CNC(=O)c1cc(Br)cc(N(CC(F)F)C2CCOCC2)c1C. The van der Waals surface area contributed by atoms with Crippen LogP contribution in [0, 0.1) is 6.92 Å². The topological polar surface area (TPSA) is 53.6 Å². The second-order valence-corrected chi connectivity index (χ2v) is 9.18. The number of allylic oxidation sites excluding steroid dienone is 3. The molecule has 174 valence electrons. The zero-order chi connectivity index (χ0) is 23.4. The van der Waals surface area contributed by atoms with Gasteiger partial charge in [0.1, 0.15) is 0 Å². The molecule has 0 atom stereocenters. The minimum Gasteiger partial charge on any atom is -0.381 e. The van der Waals surface area contributed by atoms with Crippen LogP contribution in [0.5, 0.6) is 0 Å². The van der Waals surface area contributed by atoms with Gasteiger partial charge >= 0.3 is 0 Å². The number of halogens is 3. The Labute approximate surface area is 196 Å². The normalized spacial score (nSPS) is 17.3. The molecule has 0 unspecified atom stereocenters. The molecule has 0 aromatic heterocycles. The third-order valence-electron chi connectivity index (χ3n) is 5.91. The van der Waals surface area contributed by atoms with Crippen molar-refractivity contribution in [1.29, 1.82) is 0 Å². The number of dihydropyridines is 1. The van der Waals surface area contributed by atoms with Crippen molar-refractivity contribution < 1.29 is 18.3 Å². The summed E-state index contributed by atoms with van der Waals surface area (Å²) in [4.78, 5) is 14.8. The monoisotopic (exact) mass is 509 g/mol. The average Bonchev–Trinajstić information content (AvgIpc) is 2.73. The van der Waals surface area contributed by atoms with Crippen LogP contribution in [0.4, 0.5) is 14.5 Å². The summed E-state index contributed by atoms with van der Waals surface area (Å²) in [5.74, 6) is -0.256. The first-order valence-corrected chi connectivity index (χ1v) is 11.5. The lowest BCUT2D eigenvalue weighted by Gasteiger charge is -2.37. The molecule has 1 aromatic carbocycles. The van der Waals surface area contributed by atoms with Crippen molar-refractivity contribution in [3.05, 3.63) is 62.9 Å². The number of carbonyl (C=O) groups is 1. The quantitative estimate of drug-likeness (QED) is 0.538. The Hall–Kier alpha value is -2.19. The molecule has 3 rings (SSSR count). The van der Waals surface area contributed by atoms with Crippen molar-refractivity contribution in [3.63, 3.8) is 0 Å². The molecule has 2 aliphatic heterocycles. The van der Waals surface area contributed by atoms with Crippen LogP contribution in [-0.2, 0) is 4.74 Å². The van der Waals surface area contributed by atoms with Crippen LogP contribution in [0.1, 0.15) is 42.6 Å². The van der Waals surface area contributed by atoms with Crippen molar-refractivity contribution in [2.24, 2.45) is 0 Å². The van der Waals surface area contributed by atoms with Gasteiger partial charge in [-0.2, -0.15) is 0 Å². The lowest BCUT2D eigenvalue weighted by atomic mass is 10.00. The summed E-state index contributed by atoms with van der Waals surface area (Å²) < 4.78 is 33.0. The maximum Gasteiger partial charge on any atom is 0.255 e. The number of carbonyl (C=O) groups excluding carboxylic acids is 1. The Morgan fingerprint density at radius 1 is 1.31 bits per heavy atom. The minimum atomic E-state index is -2.48. The van der Waals surface area contributed by atoms with Crippen LogP contribution in [0.3, 0.4) is 0 Å². The smallest absolute Gasteiger partial charge is 0.255 e. The zero-order valence-corrected chi connectivity index (χ0v) is 20.3. The lowest BCUT2D eigenvalue weighted by Crippen LogP contribution is -2.43. The van der Waals surface area contributed by atoms with Crippen LogP contribution >= 0.6 is 15.9 Å². The third kappa shape index (κ3) is 5.78. The van der Waals surface area contributed by atoms with Crippen molar-refractivity contribution in [1.82, 2.24) is 10.6 Å². The average molecular weight is 510 g/mol. The van der Waals surface area contributed by atoms with Crippen LogP contribution in [0.25, 0.3) is 0 Å². The predicted molar refractivity (Wildman–Crippen MR) is 127 cm³/mol. The maximum absolute atomic E-state index is 13.5. The van der Waals surface area contributed by atoms with Gasteiger partial charge in [-0.1, -0.05) is 22.5 Å². The number of benzene rings is 1. The maximum atomic E-state index is 13.5. The van der Waals surface area contributed by atoms with Crippen LogP contribution in [0.15, 0.2) is 51.8 Å². The third-order valence-corrected chi connectivity index (χ3v) is 6.37. The molecule has 0 radical (unpaired) electrons. The predicted octanol–water partition coefficient (Wildman–Crippen LogP) is 5.08. The number of nitrogens with zero attached hydrogens (tertiary/aromatic N) is 1. The number of anilines is 1. The van der Waals surface area contributed by atoms with Crippen molar-refractivity contribution in [2.45, 2.75) is 46.1 Å². The molecule has 2 aliphatic rings. The number of ether oxygens (including phenoxy) is 1. The summed E-state index contributed by atoms with van der Waals surface area (Å²) in [6, 6.07) is 3.50. The Morgan fingerprint density at radius 2 is 2.00 bits per heavy atom. The van der Waals surface area contributed by atoms with E-state index in [2.05, 4.69) is 33.1 Å². The van der Waals surface area contributed by atoms with Gasteiger partial charge in [0.05, 0.1) is 6.54 Å². The van der Waals surface area contributed by atoms with E-state index in [-0.39, 0.29) is 18.5 Å². The van der Waals surface area contributed by atoms with E-state index < -0.39 is 6.43 Å². The summed E-state index contributed by atoms with van der Waals surface area (Å²) >= 11 is 3.47. The molecule has 0 bridgehead atoms. The molecule has 1 aromatic rings. The fraction of sp³-hybridized carbons (Fsp3) is 0.458. The molecule has 0 spiro atoms. The van der Waals surface area contributed by atoms with Gasteiger partial charge in [0, 0.05) is 52.9 Å². The molecule has 1 amide bonds. The molecular formula is C24H30BrF2N3O2. The van der Waals surface area contributed by atoms with Crippen LogP contribution < -0.4 is 15.5 Å². The van der Waals surface area contributed by atoms with Gasteiger partial charge in [-0.05, 0) is 68.5 Å². The summed E-state index contributed by atoms with van der Waals surface area (Å²) in [7, 11) is 0. The van der Waals surface area contributed by atoms with E-state index in [0.717, 1.165) is 22.5 Å². The van der Waals surface area contributed by atoms with E-state index in [1.807, 2.05) is 32.9 Å². The standard InChI is InChI=1S/C24H30BrF2N3O2/c1-14-9-15(2)29-17(4)21(14)12-28-24(31)20-10-18(25)11-22(16(20)3)30(13-23(26)27)19-5-7-32-8-6-19/h9-11,19,23,29H,4-8,12-13H2,1-3H3,(H,28,31). The Kier molecular flexibility index (Phi) is 8.11. The van der Waals surface area contributed by atoms with E-state index in [4.69, 9.17) is 4.74 Å². The van der Waals surface area contributed by atoms with Crippen molar-refractivity contribution >= 4 is 27.5 Å². The van der Waals surface area contributed by atoms with Crippen molar-refractivity contribution in [3.8, 4) is 0 Å². The van der Waals surface area contributed by atoms with E-state index in [1.54, 1.807) is 11.0 Å². The number of amides is 1. The number of hydrogen-bond donors (Lipinski definition) is 2. The first-order valence-electron chi connectivity index (χ1n) is 10.7. The second kappa shape index (κ2) is 10.6. The number of alkyl halides is 2. The van der Waals surface area contributed by atoms with Crippen molar-refractivity contribution in [2.75, 3.05) is 31.2 Å². The molecule has 2 N–H and O–H groups in total. The van der Waals surface area contributed by atoms with Gasteiger partial charge in [-0.3, -0.25) is 4.79 Å². The summed E-state index contributed by atoms with van der Waals surface area (Å²) in [5.41, 5.74) is 5.52. The second-order valence-electron chi connectivity index (χ2n) is 8.26. The zero-order valence-electron chi connectivity index (χ0n) is 18.7. The highest BCUT2D eigenvalue weighted by molar-refractivity contribution is 9.10. The van der Waals surface area contributed by atoms with Gasteiger partial charge < -0.3 is 20.3 Å². The van der Waals surface area contributed by atoms with Crippen LogP contribution in [0.2, 0.25) is 0 Å². The van der Waals surface area contributed by atoms with Gasteiger partial charge in [-0.25, -0.2) is 8.78 Å². The molecular weight excluding hydrogens is 480 g/mol. The highest BCUT2D eigenvalue weighted by Crippen LogP contribution is 2.32. The molecule has 2 heterocycles. The summed E-state index contributed by atoms with van der Waals surface area (Å²) in [5, 5.41) is 6.15. The van der Waals surface area contributed by atoms with E-state index in [0.29, 0.717) is 53.9 Å². The molecule has 32 heavy (non-hydrogen) atoms. The number of nitrogens with one attached hydrogen (secondary N) is 2. The van der Waals surface area contributed by atoms with Gasteiger partial charge in [0.2, 0.25) is 0 Å². The Morgan fingerprint density at radius 3 is 2.62 bits per heavy atom. The van der Waals surface area contributed by atoms with Gasteiger partial charge in [0.25, 0.3) is 12.3 Å². The highest BCUT2D eigenvalue weighted by Gasteiger charge is 2.27. The largest absolute Gasteiger partial charge is 0.381 e. The summed E-state index contributed by atoms with van der Waals surface area (Å²) in [6.45, 7) is 10.8.